The van der Waals surface area contributed by atoms with Crippen molar-refractivity contribution >= 4 is 17.3 Å². The number of nitrogens with two attached hydrogens (primary N) is 1. The zero-order valence-electron chi connectivity index (χ0n) is 9.44. The lowest BCUT2D eigenvalue weighted by Crippen LogP contribution is -2.46. The summed E-state index contributed by atoms with van der Waals surface area (Å²) in [6.07, 6.45) is 3.38. The molecule has 16 heavy (non-hydrogen) atoms. The maximum Gasteiger partial charge on any atom is 0.206 e. The van der Waals surface area contributed by atoms with Crippen LogP contribution in [0.1, 0.15) is 24.6 Å². The second kappa shape index (κ2) is 5.32. The average Bonchev–Trinajstić information content (AvgIpc) is 2.93. The predicted molar refractivity (Wildman–Crippen MR) is 68.4 cm³/mol. The molecule has 2 rings (SSSR count). The van der Waals surface area contributed by atoms with Gasteiger partial charge in [0.25, 0.3) is 0 Å². The Balaban J connectivity index is 1.82. The van der Waals surface area contributed by atoms with Gasteiger partial charge in [0.1, 0.15) is 0 Å². The van der Waals surface area contributed by atoms with Gasteiger partial charge in [-0.3, -0.25) is 5.43 Å². The van der Waals surface area contributed by atoms with Crippen LogP contribution in [0, 0.1) is 0 Å². The maximum atomic E-state index is 5.43. The number of hydrogen-bond donors (Lipinski definition) is 3. The molecule has 1 aliphatic rings. The highest BCUT2D eigenvalue weighted by Crippen LogP contribution is 2.23. The zero-order valence-corrected chi connectivity index (χ0v) is 10.3. The van der Waals surface area contributed by atoms with Crippen molar-refractivity contribution in [2.75, 3.05) is 0 Å². The molecule has 1 unspecified atom stereocenters. The third-order valence-corrected chi connectivity index (χ3v) is 3.36. The van der Waals surface area contributed by atoms with Crippen LogP contribution in [0.5, 0.6) is 0 Å². The minimum Gasteiger partial charge on any atom is -0.353 e. The minimum atomic E-state index is 0.340. The molecule has 0 spiro atoms. The van der Waals surface area contributed by atoms with Crippen molar-refractivity contribution in [3.63, 3.8) is 0 Å². The fourth-order valence-corrected chi connectivity index (χ4v) is 2.35. The molecule has 88 valence electrons. The molecule has 0 aromatic carbocycles. The zero-order chi connectivity index (χ0) is 11.4. The van der Waals surface area contributed by atoms with Crippen LogP contribution in [0.25, 0.3) is 0 Å². The van der Waals surface area contributed by atoms with Crippen molar-refractivity contribution < 1.29 is 0 Å². The Kier molecular flexibility index (Phi) is 3.79. The lowest BCUT2D eigenvalue weighted by atomic mass is 10.2. The summed E-state index contributed by atoms with van der Waals surface area (Å²) >= 11 is 1.78. The van der Waals surface area contributed by atoms with Crippen LogP contribution < -0.4 is 16.6 Å². The van der Waals surface area contributed by atoms with Crippen molar-refractivity contribution in [2.24, 2.45) is 10.8 Å². The van der Waals surface area contributed by atoms with Gasteiger partial charge in [-0.15, -0.1) is 11.3 Å². The highest BCUT2D eigenvalue weighted by Gasteiger charge is 2.21. The highest BCUT2D eigenvalue weighted by molar-refractivity contribution is 7.09. The van der Waals surface area contributed by atoms with Gasteiger partial charge in [-0.2, -0.15) is 0 Å². The van der Waals surface area contributed by atoms with E-state index >= 15 is 0 Å². The lowest BCUT2D eigenvalue weighted by Gasteiger charge is -2.15. The summed E-state index contributed by atoms with van der Waals surface area (Å²) in [5.41, 5.74) is 2.63. The highest BCUT2D eigenvalue weighted by atomic mass is 32.1. The Morgan fingerprint density at radius 3 is 3.06 bits per heavy atom. The Morgan fingerprint density at radius 2 is 2.50 bits per heavy atom. The average molecular weight is 238 g/mol. The van der Waals surface area contributed by atoms with E-state index in [1.54, 1.807) is 11.3 Å². The summed E-state index contributed by atoms with van der Waals surface area (Å²) in [7, 11) is 0. The Morgan fingerprint density at radius 1 is 1.69 bits per heavy atom. The van der Waals surface area contributed by atoms with Crippen LogP contribution in [0.4, 0.5) is 0 Å². The van der Waals surface area contributed by atoms with E-state index in [0.29, 0.717) is 18.0 Å². The van der Waals surface area contributed by atoms with Gasteiger partial charge in [0, 0.05) is 17.3 Å². The first kappa shape index (κ1) is 11.4. The molecular formula is C11H18N4S. The third kappa shape index (κ3) is 3.50. The molecule has 1 aliphatic carbocycles. The Labute approximate surface area is 99.9 Å². The van der Waals surface area contributed by atoms with Gasteiger partial charge in [-0.1, -0.05) is 6.07 Å². The van der Waals surface area contributed by atoms with Crippen molar-refractivity contribution in [3.05, 3.63) is 22.4 Å². The Hall–Kier alpha value is -1.07. The van der Waals surface area contributed by atoms with Crippen LogP contribution in [0.15, 0.2) is 22.5 Å². The third-order valence-electron chi connectivity index (χ3n) is 2.47. The van der Waals surface area contributed by atoms with E-state index in [-0.39, 0.29) is 0 Å². The fraction of sp³-hybridized carbons (Fsp3) is 0.545. The van der Waals surface area contributed by atoms with Crippen molar-refractivity contribution in [1.29, 1.82) is 0 Å². The van der Waals surface area contributed by atoms with Crippen LogP contribution >= 0.6 is 11.3 Å². The molecule has 1 aromatic heterocycles. The standard InChI is InChI=1S/C11H18N4S/c1-8(7-10-3-2-6-16-10)13-11(15-12)14-9-4-5-9/h2-3,6,8-9H,4-5,7,12H2,1H3,(H2,13,14,15). The van der Waals surface area contributed by atoms with Crippen LogP contribution in [0.2, 0.25) is 0 Å². The monoisotopic (exact) mass is 238 g/mol. The molecule has 0 aliphatic heterocycles. The number of guanidine groups is 1. The van der Waals surface area contributed by atoms with Crippen LogP contribution in [0.3, 0.4) is 0 Å². The van der Waals surface area contributed by atoms with Crippen molar-refractivity contribution in [2.45, 2.75) is 38.3 Å². The van der Waals surface area contributed by atoms with Gasteiger partial charge in [-0.05, 0) is 31.2 Å². The first-order chi connectivity index (χ1) is 7.78. The topological polar surface area (TPSA) is 62.4 Å². The van der Waals surface area contributed by atoms with E-state index < -0.39 is 0 Å². The van der Waals surface area contributed by atoms with Crippen LogP contribution in [-0.4, -0.2) is 18.0 Å². The number of hydrogen-bond acceptors (Lipinski definition) is 3. The van der Waals surface area contributed by atoms with E-state index in [4.69, 9.17) is 5.84 Å². The molecule has 1 fully saturated rings. The first-order valence-electron chi connectivity index (χ1n) is 5.61. The molecule has 0 saturated heterocycles. The molecule has 0 amide bonds. The van der Waals surface area contributed by atoms with Crippen molar-refractivity contribution in [1.82, 2.24) is 10.7 Å². The van der Waals surface area contributed by atoms with Gasteiger partial charge >= 0.3 is 0 Å². The van der Waals surface area contributed by atoms with E-state index in [9.17, 15) is 0 Å². The van der Waals surface area contributed by atoms with E-state index in [2.05, 4.69) is 40.2 Å². The first-order valence-corrected chi connectivity index (χ1v) is 6.49. The number of nitrogens with zero attached hydrogens (tertiary/aromatic N) is 1. The van der Waals surface area contributed by atoms with E-state index in [0.717, 1.165) is 6.42 Å². The molecule has 1 aromatic rings. The second-order valence-electron chi connectivity index (χ2n) is 4.18. The lowest BCUT2D eigenvalue weighted by molar-refractivity contribution is 0.646. The quantitative estimate of drug-likeness (QED) is 0.320. The van der Waals surface area contributed by atoms with Gasteiger partial charge in [0.05, 0.1) is 6.04 Å². The minimum absolute atomic E-state index is 0.340. The molecule has 1 saturated carbocycles. The van der Waals surface area contributed by atoms with Crippen LogP contribution in [-0.2, 0) is 6.42 Å². The summed E-state index contributed by atoms with van der Waals surface area (Å²) in [5, 5.41) is 5.40. The molecule has 1 atom stereocenters. The van der Waals surface area contributed by atoms with Gasteiger partial charge in [0.2, 0.25) is 5.96 Å². The van der Waals surface area contributed by atoms with Gasteiger partial charge < -0.3 is 5.32 Å². The predicted octanol–water partition coefficient (Wildman–Crippen LogP) is 1.25. The summed E-state index contributed by atoms with van der Waals surface area (Å²) in [6, 6.07) is 5.04. The van der Waals surface area contributed by atoms with Gasteiger partial charge in [0.15, 0.2) is 0 Å². The van der Waals surface area contributed by atoms with Gasteiger partial charge in [-0.25, -0.2) is 10.8 Å². The normalized spacial score (nSPS) is 18.2. The molecular weight excluding hydrogens is 220 g/mol. The SMILES string of the molecule is CC(Cc1cccs1)NC(=NC1CC1)NN. The molecule has 4 N–H and O–H groups in total. The Bertz CT molecular complexity index is 343. The summed E-state index contributed by atoms with van der Waals surface area (Å²) in [4.78, 5) is 5.83. The number of thiophene rings is 1. The molecule has 4 nitrogen and oxygen atoms in total. The largest absolute Gasteiger partial charge is 0.353 e. The second-order valence-corrected chi connectivity index (χ2v) is 5.21. The summed E-state index contributed by atoms with van der Waals surface area (Å²) in [5.74, 6) is 6.14. The fourth-order valence-electron chi connectivity index (χ4n) is 1.52. The molecule has 5 heteroatoms. The van der Waals surface area contributed by atoms with Crippen molar-refractivity contribution in [3.8, 4) is 0 Å². The smallest absolute Gasteiger partial charge is 0.206 e. The van der Waals surface area contributed by atoms with E-state index in [1.807, 2.05) is 0 Å². The summed E-state index contributed by atoms with van der Waals surface area (Å²) in [6.45, 7) is 2.14. The molecule has 0 radical (unpaired) electrons. The molecule has 0 bridgehead atoms. The number of aliphatic imine (C=N–C) groups is 1. The molecule has 1 heterocycles. The summed E-state index contributed by atoms with van der Waals surface area (Å²) < 4.78 is 0. The number of rotatable bonds is 4. The number of hydrazine groups is 1. The number of nitrogens with one attached hydrogen (secondary N) is 2. The van der Waals surface area contributed by atoms with E-state index in [1.165, 1.54) is 17.7 Å². The maximum absolute atomic E-state index is 5.43.